The third-order valence-electron chi connectivity index (χ3n) is 6.69. The molecular weight excluding hydrogens is 456 g/mol. The van der Waals surface area contributed by atoms with Crippen molar-refractivity contribution in [3.63, 3.8) is 0 Å². The first-order chi connectivity index (χ1) is 17.6. The summed E-state index contributed by atoms with van der Waals surface area (Å²) < 4.78 is 25.3. The van der Waals surface area contributed by atoms with Crippen molar-refractivity contribution >= 4 is 11.6 Å². The monoisotopic (exact) mass is 482 g/mol. The number of fused-ring (bicyclic) bond motifs is 3. The van der Waals surface area contributed by atoms with E-state index in [1.807, 2.05) is 47.1 Å². The minimum absolute atomic E-state index is 0.302. The molecule has 0 spiro atoms. The van der Waals surface area contributed by atoms with Crippen molar-refractivity contribution in [1.82, 2.24) is 14.8 Å². The Morgan fingerprint density at radius 3 is 2.56 bits per heavy atom. The van der Waals surface area contributed by atoms with Crippen molar-refractivity contribution in [2.45, 2.75) is 19.1 Å². The van der Waals surface area contributed by atoms with Gasteiger partial charge in [-0.2, -0.15) is 10.1 Å². The number of aryl methyl sites for hydroxylation is 1. The Hall–Kier alpha value is -4.46. The van der Waals surface area contributed by atoms with Crippen LogP contribution < -0.4 is 24.3 Å². The Kier molecular flexibility index (Phi) is 5.29. The summed E-state index contributed by atoms with van der Waals surface area (Å²) in [5, 5.41) is 8.14. The first-order valence-electron chi connectivity index (χ1n) is 11.7. The normalized spacial score (nSPS) is 17.8. The van der Waals surface area contributed by atoms with Gasteiger partial charge in [0, 0.05) is 16.7 Å². The first-order valence-corrected chi connectivity index (χ1v) is 11.7. The van der Waals surface area contributed by atoms with Crippen molar-refractivity contribution in [2.24, 2.45) is 0 Å². The maximum atomic E-state index is 6.72. The largest absolute Gasteiger partial charge is 0.497 e. The summed E-state index contributed by atoms with van der Waals surface area (Å²) >= 11 is 0. The lowest BCUT2D eigenvalue weighted by Crippen LogP contribution is -2.32. The fourth-order valence-electron chi connectivity index (χ4n) is 5.01. The standard InChI is InChI=1S/C28H26N4O4/c1-16-8-10-21-20(12-16)25-24(27(36-21)18-6-5-7-19(13-18)33-2)26(32-28(31-25)29-15-30-32)17-9-11-22(34-3)23(14-17)35-4/h5-15,26-27H,1-4H3,(H,29,30,31). The molecule has 0 bridgehead atoms. The highest BCUT2D eigenvalue weighted by molar-refractivity contribution is 5.85. The molecule has 8 nitrogen and oxygen atoms in total. The van der Waals surface area contributed by atoms with Gasteiger partial charge in [-0.05, 0) is 48.9 Å². The molecule has 0 saturated heterocycles. The zero-order valence-electron chi connectivity index (χ0n) is 20.5. The fourth-order valence-corrected chi connectivity index (χ4v) is 5.01. The van der Waals surface area contributed by atoms with E-state index in [1.54, 1.807) is 27.7 Å². The Morgan fingerprint density at radius 2 is 1.75 bits per heavy atom. The number of aromatic nitrogens is 3. The summed E-state index contributed by atoms with van der Waals surface area (Å²) in [6, 6.07) is 19.8. The molecule has 182 valence electrons. The molecule has 4 aromatic rings. The van der Waals surface area contributed by atoms with Crippen LogP contribution >= 0.6 is 0 Å². The van der Waals surface area contributed by atoms with Crippen LogP contribution in [0, 0.1) is 6.92 Å². The van der Waals surface area contributed by atoms with Crippen molar-refractivity contribution in [1.29, 1.82) is 0 Å². The molecule has 1 N–H and O–H groups in total. The lowest BCUT2D eigenvalue weighted by molar-refractivity contribution is 0.222. The van der Waals surface area contributed by atoms with Gasteiger partial charge in [-0.1, -0.05) is 29.8 Å². The van der Waals surface area contributed by atoms with Crippen LogP contribution in [0.5, 0.6) is 23.0 Å². The highest BCUT2D eigenvalue weighted by atomic mass is 16.5. The topological polar surface area (TPSA) is 79.7 Å². The quantitative estimate of drug-likeness (QED) is 0.420. The molecule has 1 aromatic heterocycles. The highest BCUT2D eigenvalue weighted by Gasteiger charge is 2.41. The molecule has 0 aliphatic carbocycles. The third-order valence-corrected chi connectivity index (χ3v) is 6.69. The van der Waals surface area contributed by atoms with Gasteiger partial charge < -0.3 is 24.3 Å². The lowest BCUT2D eigenvalue weighted by atomic mass is 9.84. The fraction of sp³-hybridized carbons (Fsp3) is 0.214. The Balaban J connectivity index is 1.62. The predicted molar refractivity (Wildman–Crippen MR) is 136 cm³/mol. The van der Waals surface area contributed by atoms with E-state index in [0.717, 1.165) is 45.0 Å². The van der Waals surface area contributed by atoms with Crippen LogP contribution in [0.3, 0.4) is 0 Å². The maximum absolute atomic E-state index is 6.72. The predicted octanol–water partition coefficient (Wildman–Crippen LogP) is 5.17. The minimum Gasteiger partial charge on any atom is -0.497 e. The summed E-state index contributed by atoms with van der Waals surface area (Å²) in [5.74, 6) is 3.53. The summed E-state index contributed by atoms with van der Waals surface area (Å²) in [7, 11) is 4.93. The summed E-state index contributed by atoms with van der Waals surface area (Å²) in [6.07, 6.45) is 1.17. The molecule has 0 fully saturated rings. The summed E-state index contributed by atoms with van der Waals surface area (Å²) in [5.41, 5.74) is 6.06. The number of hydrogen-bond acceptors (Lipinski definition) is 7. The van der Waals surface area contributed by atoms with E-state index in [2.05, 4.69) is 40.5 Å². The number of ether oxygens (including phenoxy) is 4. The van der Waals surface area contributed by atoms with E-state index in [0.29, 0.717) is 17.4 Å². The average Bonchev–Trinajstić information content (AvgIpc) is 3.39. The smallest absolute Gasteiger partial charge is 0.226 e. The number of rotatable bonds is 5. The van der Waals surface area contributed by atoms with Gasteiger partial charge in [-0.15, -0.1) is 0 Å². The summed E-state index contributed by atoms with van der Waals surface area (Å²) in [6.45, 7) is 2.08. The number of hydrogen-bond donors (Lipinski definition) is 1. The molecule has 2 aliphatic heterocycles. The number of nitrogens with one attached hydrogen (secondary N) is 1. The molecule has 0 saturated carbocycles. The van der Waals surface area contributed by atoms with Crippen LogP contribution in [0.25, 0.3) is 5.70 Å². The van der Waals surface area contributed by atoms with Crippen LogP contribution in [0.15, 0.2) is 72.6 Å². The molecule has 36 heavy (non-hydrogen) atoms. The van der Waals surface area contributed by atoms with E-state index in [-0.39, 0.29) is 6.04 Å². The van der Waals surface area contributed by atoms with Crippen LogP contribution in [-0.4, -0.2) is 36.1 Å². The molecule has 2 aliphatic rings. The van der Waals surface area contributed by atoms with E-state index < -0.39 is 6.10 Å². The van der Waals surface area contributed by atoms with E-state index in [4.69, 9.17) is 18.9 Å². The van der Waals surface area contributed by atoms with E-state index in [1.165, 1.54) is 0 Å². The lowest BCUT2D eigenvalue weighted by Gasteiger charge is -2.39. The van der Waals surface area contributed by atoms with Crippen molar-refractivity contribution in [3.05, 3.63) is 94.8 Å². The van der Waals surface area contributed by atoms with E-state index in [9.17, 15) is 0 Å². The summed E-state index contributed by atoms with van der Waals surface area (Å²) in [4.78, 5) is 4.51. The average molecular weight is 483 g/mol. The third kappa shape index (κ3) is 3.45. The molecule has 8 heteroatoms. The molecule has 2 atom stereocenters. The van der Waals surface area contributed by atoms with Crippen LogP contribution in [-0.2, 0) is 0 Å². The molecule has 0 radical (unpaired) electrons. The zero-order chi connectivity index (χ0) is 24.8. The maximum Gasteiger partial charge on any atom is 0.226 e. The second kappa shape index (κ2) is 8.64. The molecule has 2 unspecified atom stereocenters. The molecule has 6 rings (SSSR count). The van der Waals surface area contributed by atoms with Crippen molar-refractivity contribution in [2.75, 3.05) is 26.6 Å². The number of methoxy groups -OCH3 is 3. The Morgan fingerprint density at radius 1 is 0.889 bits per heavy atom. The highest BCUT2D eigenvalue weighted by Crippen LogP contribution is 2.51. The molecule has 0 amide bonds. The first kappa shape index (κ1) is 22.0. The van der Waals surface area contributed by atoms with Crippen LogP contribution in [0.1, 0.15) is 34.4 Å². The molecular formula is C28H26N4O4. The number of nitrogens with zero attached hydrogens (tertiary/aromatic N) is 3. The second-order valence-electron chi connectivity index (χ2n) is 8.77. The van der Waals surface area contributed by atoms with Crippen molar-refractivity contribution in [3.8, 4) is 23.0 Å². The number of anilines is 1. The second-order valence-corrected chi connectivity index (χ2v) is 8.77. The van der Waals surface area contributed by atoms with Gasteiger partial charge in [-0.3, -0.25) is 0 Å². The Labute approximate surface area is 209 Å². The minimum atomic E-state index is -0.395. The molecule has 3 aromatic carbocycles. The van der Waals surface area contributed by atoms with Crippen LogP contribution in [0.2, 0.25) is 0 Å². The van der Waals surface area contributed by atoms with Gasteiger partial charge in [0.05, 0.1) is 27.0 Å². The molecule has 3 heterocycles. The van der Waals surface area contributed by atoms with E-state index >= 15 is 0 Å². The Bertz CT molecular complexity index is 1490. The van der Waals surface area contributed by atoms with Gasteiger partial charge in [-0.25, -0.2) is 4.68 Å². The van der Waals surface area contributed by atoms with Crippen LogP contribution in [0.4, 0.5) is 5.95 Å². The van der Waals surface area contributed by atoms with Gasteiger partial charge in [0.1, 0.15) is 30.0 Å². The van der Waals surface area contributed by atoms with Gasteiger partial charge >= 0.3 is 0 Å². The van der Waals surface area contributed by atoms with Gasteiger partial charge in [0.25, 0.3) is 0 Å². The van der Waals surface area contributed by atoms with Crippen molar-refractivity contribution < 1.29 is 18.9 Å². The van der Waals surface area contributed by atoms with Gasteiger partial charge in [0.2, 0.25) is 5.95 Å². The zero-order valence-corrected chi connectivity index (χ0v) is 20.5. The SMILES string of the molecule is COc1cccc(C2Oc3ccc(C)cc3C3=C2C(c2ccc(OC)c(OC)c2)n2ncnc2N3)c1. The van der Waals surface area contributed by atoms with Gasteiger partial charge in [0.15, 0.2) is 11.5 Å². The number of benzene rings is 3.